The van der Waals surface area contributed by atoms with E-state index in [2.05, 4.69) is 11.0 Å². The molecule has 0 N–H and O–H groups in total. The van der Waals surface area contributed by atoms with Crippen LogP contribution in [0.5, 0.6) is 0 Å². The quantitative estimate of drug-likeness (QED) is 0.707. The zero-order valence-electron chi connectivity index (χ0n) is 12.9. The van der Waals surface area contributed by atoms with Crippen LogP contribution in [-0.2, 0) is 6.54 Å². The smallest absolute Gasteiger partial charge is 0.193 e. The average Bonchev–Trinajstić information content (AvgIpc) is 2.58. The van der Waals surface area contributed by atoms with Crippen molar-refractivity contribution in [1.82, 2.24) is 4.90 Å². The first-order chi connectivity index (χ1) is 11.1. The summed E-state index contributed by atoms with van der Waals surface area (Å²) in [7, 11) is 0. The van der Waals surface area contributed by atoms with Gasteiger partial charge < -0.3 is 0 Å². The van der Waals surface area contributed by atoms with Crippen LogP contribution in [0, 0.1) is 0 Å². The maximum absolute atomic E-state index is 12.6. The average molecular weight is 348 g/mol. The predicted molar refractivity (Wildman–Crippen MR) is 95.5 cm³/mol. The van der Waals surface area contributed by atoms with E-state index in [4.69, 9.17) is 23.2 Å². The SMILES string of the molecule is O=C(c1cccc(CN2CCCCC2)c1)c1ccc(Cl)c(Cl)c1. The Balaban J connectivity index is 1.78. The van der Waals surface area contributed by atoms with Crippen LogP contribution < -0.4 is 0 Å². The van der Waals surface area contributed by atoms with Crippen molar-refractivity contribution in [3.8, 4) is 0 Å². The summed E-state index contributed by atoms with van der Waals surface area (Å²) >= 11 is 11.9. The molecule has 0 spiro atoms. The Hall–Kier alpha value is -1.35. The zero-order chi connectivity index (χ0) is 16.2. The molecule has 2 nitrogen and oxygen atoms in total. The molecule has 4 heteroatoms. The Labute approximate surface area is 147 Å². The van der Waals surface area contributed by atoms with Gasteiger partial charge in [-0.3, -0.25) is 9.69 Å². The van der Waals surface area contributed by atoms with Crippen molar-refractivity contribution in [3.63, 3.8) is 0 Å². The molecule has 2 aromatic carbocycles. The van der Waals surface area contributed by atoms with Crippen LogP contribution in [0.1, 0.15) is 40.7 Å². The molecular weight excluding hydrogens is 329 g/mol. The first-order valence-corrected chi connectivity index (χ1v) is 8.70. The van der Waals surface area contributed by atoms with E-state index in [-0.39, 0.29) is 5.78 Å². The first kappa shape index (κ1) is 16.5. The number of carbonyl (C=O) groups is 1. The number of carbonyl (C=O) groups excluding carboxylic acids is 1. The van der Waals surface area contributed by atoms with Crippen molar-refractivity contribution < 1.29 is 4.79 Å². The largest absolute Gasteiger partial charge is 0.299 e. The fourth-order valence-electron chi connectivity index (χ4n) is 2.99. The molecule has 1 aliphatic heterocycles. The van der Waals surface area contributed by atoms with Gasteiger partial charge in [-0.25, -0.2) is 0 Å². The Kier molecular flexibility index (Phi) is 5.37. The van der Waals surface area contributed by atoms with Gasteiger partial charge in [0.25, 0.3) is 0 Å². The molecule has 0 bridgehead atoms. The molecule has 1 heterocycles. The summed E-state index contributed by atoms with van der Waals surface area (Å²) in [5, 5.41) is 0.865. The minimum Gasteiger partial charge on any atom is -0.299 e. The van der Waals surface area contributed by atoms with Crippen LogP contribution in [0.2, 0.25) is 10.0 Å². The van der Waals surface area contributed by atoms with Crippen molar-refractivity contribution in [2.75, 3.05) is 13.1 Å². The summed E-state index contributed by atoms with van der Waals surface area (Å²) in [5.41, 5.74) is 2.44. The van der Waals surface area contributed by atoms with E-state index in [1.54, 1.807) is 18.2 Å². The van der Waals surface area contributed by atoms with Crippen molar-refractivity contribution in [2.45, 2.75) is 25.8 Å². The number of hydrogen-bond donors (Lipinski definition) is 0. The summed E-state index contributed by atoms with van der Waals surface area (Å²) in [6.45, 7) is 3.19. The normalized spacial score (nSPS) is 15.6. The van der Waals surface area contributed by atoms with Crippen LogP contribution in [0.15, 0.2) is 42.5 Å². The monoisotopic (exact) mass is 347 g/mol. The minimum atomic E-state index is -0.0240. The van der Waals surface area contributed by atoms with E-state index in [0.29, 0.717) is 21.2 Å². The fraction of sp³-hybridized carbons (Fsp3) is 0.316. The van der Waals surface area contributed by atoms with Crippen LogP contribution in [0.3, 0.4) is 0 Å². The number of piperidine rings is 1. The molecule has 0 saturated carbocycles. The van der Waals surface area contributed by atoms with Gasteiger partial charge in [0.05, 0.1) is 10.0 Å². The van der Waals surface area contributed by atoms with Gasteiger partial charge in [0.1, 0.15) is 0 Å². The molecule has 1 saturated heterocycles. The Bertz CT molecular complexity index is 708. The highest BCUT2D eigenvalue weighted by Gasteiger charge is 2.14. The third-order valence-corrected chi connectivity index (χ3v) is 4.96. The molecule has 0 aliphatic carbocycles. The number of halogens is 2. The number of hydrogen-bond acceptors (Lipinski definition) is 2. The van der Waals surface area contributed by atoms with Crippen molar-refractivity contribution in [2.24, 2.45) is 0 Å². The van der Waals surface area contributed by atoms with Crippen LogP contribution in [0.25, 0.3) is 0 Å². The lowest BCUT2D eigenvalue weighted by molar-refractivity contribution is 0.103. The summed E-state index contributed by atoms with van der Waals surface area (Å²) in [6.07, 6.45) is 3.86. The lowest BCUT2D eigenvalue weighted by atomic mass is 10.0. The van der Waals surface area contributed by atoms with Gasteiger partial charge in [-0.2, -0.15) is 0 Å². The van der Waals surface area contributed by atoms with Crippen molar-refractivity contribution in [3.05, 3.63) is 69.2 Å². The van der Waals surface area contributed by atoms with Gasteiger partial charge in [0, 0.05) is 17.7 Å². The lowest BCUT2D eigenvalue weighted by Crippen LogP contribution is -2.29. The molecule has 0 atom stereocenters. The highest BCUT2D eigenvalue weighted by atomic mass is 35.5. The Morgan fingerprint density at radius 1 is 0.913 bits per heavy atom. The summed E-state index contributed by atoms with van der Waals surface area (Å²) in [4.78, 5) is 15.1. The van der Waals surface area contributed by atoms with Gasteiger partial charge in [-0.1, -0.05) is 47.8 Å². The van der Waals surface area contributed by atoms with Gasteiger partial charge in [0.2, 0.25) is 0 Å². The maximum atomic E-state index is 12.6. The van der Waals surface area contributed by atoms with Gasteiger partial charge >= 0.3 is 0 Å². The zero-order valence-corrected chi connectivity index (χ0v) is 14.4. The maximum Gasteiger partial charge on any atom is 0.193 e. The molecule has 23 heavy (non-hydrogen) atoms. The van der Waals surface area contributed by atoms with E-state index in [1.807, 2.05) is 18.2 Å². The molecule has 0 aromatic heterocycles. The lowest BCUT2D eigenvalue weighted by Gasteiger charge is -2.26. The number of ketones is 1. The molecule has 0 unspecified atom stereocenters. The Morgan fingerprint density at radius 2 is 1.65 bits per heavy atom. The second-order valence-electron chi connectivity index (χ2n) is 6.00. The molecule has 0 amide bonds. The molecular formula is C19H19Cl2NO. The number of benzene rings is 2. The van der Waals surface area contributed by atoms with E-state index in [1.165, 1.54) is 24.8 Å². The summed E-state index contributed by atoms with van der Waals surface area (Å²) in [5.74, 6) is -0.0240. The molecule has 1 aliphatic rings. The summed E-state index contributed by atoms with van der Waals surface area (Å²) < 4.78 is 0. The van der Waals surface area contributed by atoms with Crippen molar-refractivity contribution in [1.29, 1.82) is 0 Å². The van der Waals surface area contributed by atoms with Crippen LogP contribution in [-0.4, -0.2) is 23.8 Å². The van der Waals surface area contributed by atoms with Gasteiger partial charge in [0.15, 0.2) is 5.78 Å². The van der Waals surface area contributed by atoms with E-state index in [0.717, 1.165) is 19.6 Å². The van der Waals surface area contributed by atoms with Gasteiger partial charge in [-0.15, -0.1) is 0 Å². The molecule has 120 valence electrons. The molecule has 2 aromatic rings. The standard InChI is InChI=1S/C19H19Cl2NO/c20-17-8-7-16(12-18(17)21)19(23)15-6-4-5-14(11-15)13-22-9-2-1-3-10-22/h4-8,11-12H,1-3,9-10,13H2. The number of rotatable bonds is 4. The first-order valence-electron chi connectivity index (χ1n) is 7.94. The topological polar surface area (TPSA) is 20.3 Å². The minimum absolute atomic E-state index is 0.0240. The van der Waals surface area contributed by atoms with Crippen LogP contribution >= 0.6 is 23.2 Å². The van der Waals surface area contributed by atoms with Crippen molar-refractivity contribution >= 4 is 29.0 Å². The predicted octanol–water partition coefficient (Wildman–Crippen LogP) is 5.21. The van der Waals surface area contributed by atoms with Gasteiger partial charge in [-0.05, 0) is 55.8 Å². The second-order valence-corrected chi connectivity index (χ2v) is 6.81. The molecule has 3 rings (SSSR count). The third-order valence-electron chi connectivity index (χ3n) is 4.23. The second kappa shape index (κ2) is 7.48. The van der Waals surface area contributed by atoms with E-state index in [9.17, 15) is 4.79 Å². The third kappa shape index (κ3) is 4.14. The number of nitrogens with zero attached hydrogens (tertiary/aromatic N) is 1. The highest BCUT2D eigenvalue weighted by Crippen LogP contribution is 2.24. The highest BCUT2D eigenvalue weighted by molar-refractivity contribution is 6.42. The van der Waals surface area contributed by atoms with E-state index < -0.39 is 0 Å². The fourth-order valence-corrected chi connectivity index (χ4v) is 3.29. The van der Waals surface area contributed by atoms with Crippen LogP contribution in [0.4, 0.5) is 0 Å². The molecule has 1 fully saturated rings. The van der Waals surface area contributed by atoms with E-state index >= 15 is 0 Å². The Morgan fingerprint density at radius 3 is 2.39 bits per heavy atom. The number of likely N-dealkylation sites (tertiary alicyclic amines) is 1. The molecule has 0 radical (unpaired) electrons. The summed E-state index contributed by atoms with van der Waals surface area (Å²) in [6, 6.07) is 12.9.